The Balaban J connectivity index is 1.29. The molecule has 1 aromatic heterocycles. The Bertz CT molecular complexity index is 1840. The second-order valence-corrected chi connectivity index (χ2v) is 13.3. The molecule has 0 unspecified atom stereocenters. The van der Waals surface area contributed by atoms with Crippen LogP contribution in [0.2, 0.25) is 0 Å². The van der Waals surface area contributed by atoms with Crippen molar-refractivity contribution in [2.45, 2.75) is 62.1 Å². The third kappa shape index (κ3) is 5.75. The van der Waals surface area contributed by atoms with Gasteiger partial charge in [-0.25, -0.2) is 4.98 Å². The van der Waals surface area contributed by atoms with Crippen LogP contribution < -0.4 is 10.9 Å². The minimum absolute atomic E-state index is 0.00499. The van der Waals surface area contributed by atoms with Crippen molar-refractivity contribution in [1.82, 2.24) is 14.9 Å². The number of carbonyl (C=O) groups excluding carboxylic acids is 1. The maximum absolute atomic E-state index is 14.8. The molecule has 7 rings (SSSR count). The van der Waals surface area contributed by atoms with E-state index in [9.17, 15) is 9.59 Å². The summed E-state index contributed by atoms with van der Waals surface area (Å²) in [5.41, 5.74) is 7.65. The molecule has 45 heavy (non-hydrogen) atoms. The predicted molar refractivity (Wildman–Crippen MR) is 182 cm³/mol. The molecule has 1 spiro atoms. The van der Waals surface area contributed by atoms with Crippen LogP contribution in [0.25, 0.3) is 16.9 Å². The van der Waals surface area contributed by atoms with E-state index in [1.54, 1.807) is 4.57 Å². The first-order chi connectivity index (χ1) is 22.0. The van der Waals surface area contributed by atoms with Gasteiger partial charge in [0.1, 0.15) is 0 Å². The van der Waals surface area contributed by atoms with Crippen molar-refractivity contribution in [3.8, 4) is 16.9 Å². The normalized spacial score (nSPS) is 15.0. The van der Waals surface area contributed by atoms with Crippen LogP contribution in [0, 0.1) is 6.92 Å². The number of aromatic nitrogens is 2. The van der Waals surface area contributed by atoms with E-state index in [4.69, 9.17) is 4.98 Å². The molecule has 6 heteroatoms. The predicted octanol–water partition coefficient (Wildman–Crippen LogP) is 7.96. The number of nitrogens with one attached hydrogen (secondary N) is 1. The van der Waals surface area contributed by atoms with Gasteiger partial charge in [-0.05, 0) is 55.0 Å². The molecule has 1 N–H and O–H groups in total. The Kier molecular flexibility index (Phi) is 8.16. The number of hydrogen-bond donors (Lipinski definition) is 1. The highest BCUT2D eigenvalue weighted by Gasteiger charge is 2.43. The quantitative estimate of drug-likeness (QED) is 0.150. The van der Waals surface area contributed by atoms with E-state index in [1.807, 2.05) is 97.9 Å². The lowest BCUT2D eigenvalue weighted by atomic mass is 9.62. The van der Waals surface area contributed by atoms with Crippen LogP contribution in [0.4, 0.5) is 0 Å². The molecule has 1 heterocycles. The standard InChI is InChI=1S/C39H37N3O2S/c1-27-19-21-31(22-20-27)42-37(44)34-36(32-18-10-9-17-30(32)25-39(34)23-11-4-12-24-39)41-38(42)45-26-33(43)40-35(28-13-5-2-6-14-28)29-15-7-3-8-16-29/h2-3,5-10,13-22,35H,4,11-12,23-26H2,1H3,(H,40,43). The molecule has 5 aromatic rings. The average molecular weight is 612 g/mol. The molecule has 2 aliphatic rings. The summed E-state index contributed by atoms with van der Waals surface area (Å²) in [5.74, 6) is 0.00401. The summed E-state index contributed by atoms with van der Waals surface area (Å²) < 4.78 is 1.76. The van der Waals surface area contributed by atoms with Gasteiger partial charge in [0, 0.05) is 11.0 Å². The Morgan fingerprint density at radius 1 is 0.844 bits per heavy atom. The van der Waals surface area contributed by atoms with Crippen molar-refractivity contribution in [3.05, 3.63) is 147 Å². The molecule has 0 atom stereocenters. The van der Waals surface area contributed by atoms with E-state index in [-0.39, 0.29) is 28.7 Å². The summed E-state index contributed by atoms with van der Waals surface area (Å²) in [6.07, 6.45) is 6.30. The fraction of sp³-hybridized carbons (Fsp3) is 0.256. The zero-order chi connectivity index (χ0) is 30.8. The summed E-state index contributed by atoms with van der Waals surface area (Å²) in [7, 11) is 0. The third-order valence-electron chi connectivity index (χ3n) is 9.39. The Morgan fingerprint density at radius 3 is 2.13 bits per heavy atom. The molecular weight excluding hydrogens is 575 g/mol. The van der Waals surface area contributed by atoms with Gasteiger partial charge in [0.2, 0.25) is 5.91 Å². The van der Waals surface area contributed by atoms with Gasteiger partial charge < -0.3 is 5.32 Å². The lowest BCUT2D eigenvalue weighted by Gasteiger charge is -2.42. The maximum atomic E-state index is 14.8. The van der Waals surface area contributed by atoms with Gasteiger partial charge in [0.15, 0.2) is 5.16 Å². The summed E-state index contributed by atoms with van der Waals surface area (Å²) in [4.78, 5) is 33.7. The summed E-state index contributed by atoms with van der Waals surface area (Å²) in [5, 5.41) is 3.79. The van der Waals surface area contributed by atoms with Crippen molar-refractivity contribution < 1.29 is 4.79 Å². The van der Waals surface area contributed by atoms with E-state index >= 15 is 0 Å². The highest BCUT2D eigenvalue weighted by Crippen LogP contribution is 2.49. The molecule has 1 saturated carbocycles. The molecular formula is C39H37N3O2S. The second kappa shape index (κ2) is 12.5. The number of thioether (sulfide) groups is 1. The maximum Gasteiger partial charge on any atom is 0.263 e. The van der Waals surface area contributed by atoms with Crippen LogP contribution in [0.15, 0.2) is 119 Å². The first-order valence-corrected chi connectivity index (χ1v) is 16.9. The first kappa shape index (κ1) is 29.3. The Hall–Kier alpha value is -4.42. The van der Waals surface area contributed by atoms with Gasteiger partial charge in [-0.3, -0.25) is 14.2 Å². The number of nitrogens with zero attached hydrogens (tertiary/aromatic N) is 2. The Labute approximate surface area is 268 Å². The zero-order valence-electron chi connectivity index (χ0n) is 25.5. The van der Waals surface area contributed by atoms with Crippen LogP contribution in [0.1, 0.15) is 66.0 Å². The molecule has 1 amide bonds. The number of fused-ring (bicyclic) bond motifs is 4. The van der Waals surface area contributed by atoms with Gasteiger partial charge in [-0.2, -0.15) is 0 Å². The van der Waals surface area contributed by atoms with E-state index in [0.717, 1.165) is 71.3 Å². The highest BCUT2D eigenvalue weighted by molar-refractivity contribution is 7.99. The summed E-state index contributed by atoms with van der Waals surface area (Å²) in [6.45, 7) is 2.04. The van der Waals surface area contributed by atoms with E-state index < -0.39 is 0 Å². The lowest BCUT2D eigenvalue weighted by molar-refractivity contribution is -0.119. The number of amides is 1. The van der Waals surface area contributed by atoms with Gasteiger partial charge in [-0.1, -0.05) is 134 Å². The SMILES string of the molecule is Cc1ccc(-n2c(SCC(=O)NC(c3ccccc3)c3ccccc3)nc3c(c2=O)C2(CCCCC2)Cc2ccccc2-3)cc1. The van der Waals surface area contributed by atoms with Gasteiger partial charge in [0.05, 0.1) is 28.7 Å². The lowest BCUT2D eigenvalue weighted by Crippen LogP contribution is -2.43. The van der Waals surface area contributed by atoms with Gasteiger partial charge >= 0.3 is 0 Å². The topological polar surface area (TPSA) is 64.0 Å². The molecule has 2 aliphatic carbocycles. The molecule has 0 aliphatic heterocycles. The van der Waals surface area contributed by atoms with Crippen molar-refractivity contribution in [3.63, 3.8) is 0 Å². The fourth-order valence-corrected chi connectivity index (χ4v) is 8.01. The molecule has 0 bridgehead atoms. The van der Waals surface area contributed by atoms with Crippen LogP contribution >= 0.6 is 11.8 Å². The van der Waals surface area contributed by atoms with Crippen molar-refractivity contribution >= 4 is 17.7 Å². The largest absolute Gasteiger partial charge is 0.344 e. The molecule has 226 valence electrons. The molecule has 0 radical (unpaired) electrons. The summed E-state index contributed by atoms with van der Waals surface area (Å²) in [6, 6.07) is 36.2. The Morgan fingerprint density at radius 2 is 1.47 bits per heavy atom. The van der Waals surface area contributed by atoms with Gasteiger partial charge in [-0.15, -0.1) is 0 Å². The minimum Gasteiger partial charge on any atom is -0.344 e. The van der Waals surface area contributed by atoms with E-state index in [2.05, 4.69) is 23.5 Å². The van der Waals surface area contributed by atoms with E-state index in [0.29, 0.717) is 5.16 Å². The molecule has 4 aromatic carbocycles. The highest BCUT2D eigenvalue weighted by atomic mass is 32.2. The van der Waals surface area contributed by atoms with Crippen LogP contribution in [0.5, 0.6) is 0 Å². The zero-order valence-corrected chi connectivity index (χ0v) is 26.4. The van der Waals surface area contributed by atoms with Crippen LogP contribution in [-0.4, -0.2) is 21.2 Å². The second-order valence-electron chi connectivity index (χ2n) is 12.4. The van der Waals surface area contributed by atoms with Crippen molar-refractivity contribution in [2.24, 2.45) is 0 Å². The summed E-state index contributed by atoms with van der Waals surface area (Å²) >= 11 is 1.32. The van der Waals surface area contributed by atoms with Crippen molar-refractivity contribution in [1.29, 1.82) is 0 Å². The number of hydrogen-bond acceptors (Lipinski definition) is 4. The van der Waals surface area contributed by atoms with Crippen LogP contribution in [-0.2, 0) is 16.6 Å². The monoisotopic (exact) mass is 611 g/mol. The molecule has 1 fully saturated rings. The number of benzene rings is 4. The minimum atomic E-state index is -0.283. The van der Waals surface area contributed by atoms with E-state index in [1.165, 1.54) is 23.7 Å². The third-order valence-corrected chi connectivity index (χ3v) is 10.3. The molecule has 5 nitrogen and oxygen atoms in total. The van der Waals surface area contributed by atoms with Crippen LogP contribution in [0.3, 0.4) is 0 Å². The number of rotatable bonds is 7. The van der Waals surface area contributed by atoms with Crippen molar-refractivity contribution in [2.75, 3.05) is 5.75 Å². The first-order valence-electron chi connectivity index (χ1n) is 15.9. The number of carbonyl (C=O) groups is 1. The number of aryl methyl sites for hydroxylation is 1. The average Bonchev–Trinajstić information content (AvgIpc) is 3.08. The fourth-order valence-electron chi connectivity index (χ4n) is 7.19. The van der Waals surface area contributed by atoms with Gasteiger partial charge in [0.25, 0.3) is 5.56 Å². The smallest absolute Gasteiger partial charge is 0.263 e. The molecule has 0 saturated heterocycles.